The average Bonchev–Trinajstić information content (AvgIpc) is 2.46. The fraction of sp³-hybridized carbons (Fsp3) is 0.154. The predicted molar refractivity (Wildman–Crippen MR) is 69.7 cm³/mol. The molecule has 2 aromatic rings. The number of nitrogens with zero attached hydrogens (tertiary/aromatic N) is 3. The Morgan fingerprint density at radius 3 is 2.63 bits per heavy atom. The minimum Gasteiger partial charge on any atom is -0.493 e. The third-order valence-electron chi connectivity index (χ3n) is 2.58. The predicted octanol–water partition coefficient (Wildman–Crippen LogP) is 1.61. The minimum atomic E-state index is 0.136. The first-order valence-corrected chi connectivity index (χ1v) is 5.45. The zero-order valence-electron chi connectivity index (χ0n) is 10.5. The molecule has 0 fully saturated rings. The van der Waals surface area contributed by atoms with Gasteiger partial charge in [-0.15, -0.1) is 0 Å². The molecule has 0 aliphatic rings. The first-order chi connectivity index (χ1) is 9.21. The highest BCUT2D eigenvalue weighted by Crippen LogP contribution is 2.36. The van der Waals surface area contributed by atoms with Crippen LogP contribution in [0.25, 0.3) is 11.4 Å². The maximum absolute atomic E-state index is 8.81. The van der Waals surface area contributed by atoms with Crippen LogP contribution < -0.4 is 15.2 Å². The summed E-state index contributed by atoms with van der Waals surface area (Å²) in [5, 5.41) is 8.81. The van der Waals surface area contributed by atoms with Gasteiger partial charge in [-0.1, -0.05) is 6.07 Å². The van der Waals surface area contributed by atoms with Crippen molar-refractivity contribution in [3.63, 3.8) is 0 Å². The number of methoxy groups -OCH3 is 2. The lowest BCUT2D eigenvalue weighted by Crippen LogP contribution is -2.01. The maximum atomic E-state index is 8.81. The molecule has 1 aromatic heterocycles. The molecule has 0 bridgehead atoms. The van der Waals surface area contributed by atoms with Gasteiger partial charge in [0.05, 0.1) is 26.0 Å². The van der Waals surface area contributed by atoms with Gasteiger partial charge in [-0.05, 0) is 12.1 Å². The molecular formula is C13H12N4O2. The number of aromatic nitrogens is 2. The van der Waals surface area contributed by atoms with Crippen molar-refractivity contribution < 1.29 is 9.47 Å². The Bertz CT molecular complexity index is 650. The van der Waals surface area contributed by atoms with Crippen LogP contribution in [-0.4, -0.2) is 24.2 Å². The molecule has 0 unspecified atom stereocenters. The summed E-state index contributed by atoms with van der Waals surface area (Å²) in [6, 6.07) is 7.29. The second-order valence-electron chi connectivity index (χ2n) is 3.65. The molecule has 0 amide bonds. The summed E-state index contributed by atoms with van der Waals surface area (Å²) >= 11 is 0. The molecule has 6 nitrogen and oxygen atoms in total. The van der Waals surface area contributed by atoms with Crippen LogP contribution in [0.5, 0.6) is 11.5 Å². The first-order valence-electron chi connectivity index (χ1n) is 5.45. The van der Waals surface area contributed by atoms with Gasteiger partial charge in [0.25, 0.3) is 0 Å². The van der Waals surface area contributed by atoms with Crippen molar-refractivity contribution in [1.29, 1.82) is 5.26 Å². The van der Waals surface area contributed by atoms with Crippen molar-refractivity contribution >= 4 is 5.82 Å². The standard InChI is InChI=1S/C13H12N4O2/c1-18-10-5-3-4-9(11(10)19-2)13-16-7-8(6-14)12(15)17-13/h3-5,7H,1-2H3,(H2,15,16,17). The van der Waals surface area contributed by atoms with E-state index < -0.39 is 0 Å². The van der Waals surface area contributed by atoms with E-state index in [1.807, 2.05) is 6.07 Å². The van der Waals surface area contributed by atoms with Crippen molar-refractivity contribution in [3.05, 3.63) is 30.0 Å². The van der Waals surface area contributed by atoms with E-state index in [-0.39, 0.29) is 11.4 Å². The highest BCUT2D eigenvalue weighted by Gasteiger charge is 2.14. The Balaban J connectivity index is 2.59. The summed E-state index contributed by atoms with van der Waals surface area (Å²) in [5.74, 6) is 1.62. The Kier molecular flexibility index (Phi) is 3.48. The van der Waals surface area contributed by atoms with Gasteiger partial charge in [0.2, 0.25) is 0 Å². The number of nitrogens with two attached hydrogens (primary N) is 1. The Labute approximate surface area is 110 Å². The molecule has 0 aliphatic heterocycles. The quantitative estimate of drug-likeness (QED) is 0.896. The molecule has 1 aromatic carbocycles. The summed E-state index contributed by atoms with van der Waals surface area (Å²) in [6.45, 7) is 0. The lowest BCUT2D eigenvalue weighted by molar-refractivity contribution is 0.356. The monoisotopic (exact) mass is 256 g/mol. The number of anilines is 1. The summed E-state index contributed by atoms with van der Waals surface area (Å²) in [4.78, 5) is 8.22. The molecule has 2 rings (SSSR count). The smallest absolute Gasteiger partial charge is 0.171 e. The van der Waals surface area contributed by atoms with Crippen molar-refractivity contribution in [2.24, 2.45) is 0 Å². The zero-order valence-corrected chi connectivity index (χ0v) is 10.5. The lowest BCUT2D eigenvalue weighted by Gasteiger charge is -2.11. The Morgan fingerprint density at radius 1 is 1.26 bits per heavy atom. The summed E-state index contributed by atoms with van der Waals surface area (Å²) < 4.78 is 10.5. The van der Waals surface area contributed by atoms with Crippen LogP contribution in [0.15, 0.2) is 24.4 Å². The fourth-order valence-corrected chi connectivity index (χ4v) is 1.67. The van der Waals surface area contributed by atoms with E-state index in [0.29, 0.717) is 22.9 Å². The lowest BCUT2D eigenvalue weighted by atomic mass is 10.1. The average molecular weight is 256 g/mol. The van der Waals surface area contributed by atoms with Gasteiger partial charge in [-0.3, -0.25) is 0 Å². The molecule has 0 saturated carbocycles. The molecule has 19 heavy (non-hydrogen) atoms. The minimum absolute atomic E-state index is 0.136. The van der Waals surface area contributed by atoms with E-state index in [0.717, 1.165) is 0 Å². The van der Waals surface area contributed by atoms with Gasteiger partial charge in [0.15, 0.2) is 17.3 Å². The SMILES string of the molecule is COc1cccc(-c2ncc(C#N)c(N)n2)c1OC. The number of hydrogen-bond donors (Lipinski definition) is 1. The Morgan fingerprint density at radius 2 is 2.05 bits per heavy atom. The van der Waals surface area contributed by atoms with Gasteiger partial charge in [-0.25, -0.2) is 9.97 Å². The number of nitriles is 1. The number of rotatable bonds is 3. The van der Waals surface area contributed by atoms with Gasteiger partial charge >= 0.3 is 0 Å². The topological polar surface area (TPSA) is 94.0 Å². The second-order valence-corrected chi connectivity index (χ2v) is 3.65. The molecule has 2 N–H and O–H groups in total. The molecule has 0 aliphatic carbocycles. The maximum Gasteiger partial charge on any atom is 0.171 e. The molecular weight excluding hydrogens is 244 g/mol. The molecule has 0 atom stereocenters. The summed E-state index contributed by atoms with van der Waals surface area (Å²) in [5.41, 5.74) is 6.58. The van der Waals surface area contributed by atoms with E-state index in [1.165, 1.54) is 13.3 Å². The fourth-order valence-electron chi connectivity index (χ4n) is 1.67. The van der Waals surface area contributed by atoms with Gasteiger partial charge in [-0.2, -0.15) is 5.26 Å². The molecule has 0 radical (unpaired) electrons. The largest absolute Gasteiger partial charge is 0.493 e. The van der Waals surface area contributed by atoms with Gasteiger partial charge < -0.3 is 15.2 Å². The van der Waals surface area contributed by atoms with Crippen LogP contribution in [0, 0.1) is 11.3 Å². The van der Waals surface area contributed by atoms with E-state index in [9.17, 15) is 0 Å². The number of benzene rings is 1. The zero-order chi connectivity index (χ0) is 13.8. The number of hydrogen-bond acceptors (Lipinski definition) is 6. The van der Waals surface area contributed by atoms with Crippen molar-refractivity contribution in [3.8, 4) is 29.0 Å². The van der Waals surface area contributed by atoms with Crippen LogP contribution in [0.4, 0.5) is 5.82 Å². The van der Waals surface area contributed by atoms with Crippen LogP contribution in [0.1, 0.15) is 5.56 Å². The molecule has 0 spiro atoms. The van der Waals surface area contributed by atoms with Gasteiger partial charge in [0.1, 0.15) is 17.5 Å². The van der Waals surface area contributed by atoms with Crippen molar-refractivity contribution in [2.45, 2.75) is 0 Å². The molecule has 1 heterocycles. The summed E-state index contributed by atoms with van der Waals surface area (Å²) in [6.07, 6.45) is 1.39. The second kappa shape index (κ2) is 5.23. The number of para-hydroxylation sites is 1. The third-order valence-corrected chi connectivity index (χ3v) is 2.58. The third kappa shape index (κ3) is 2.26. The molecule has 0 saturated heterocycles. The van der Waals surface area contributed by atoms with Crippen LogP contribution >= 0.6 is 0 Å². The number of nitrogen functional groups attached to an aromatic ring is 1. The highest BCUT2D eigenvalue weighted by molar-refractivity contribution is 5.70. The normalized spacial score (nSPS) is 9.74. The molecule has 6 heteroatoms. The molecule has 96 valence electrons. The van der Waals surface area contributed by atoms with E-state index in [4.69, 9.17) is 20.5 Å². The van der Waals surface area contributed by atoms with E-state index >= 15 is 0 Å². The van der Waals surface area contributed by atoms with Crippen LogP contribution in [-0.2, 0) is 0 Å². The van der Waals surface area contributed by atoms with Crippen LogP contribution in [0.3, 0.4) is 0 Å². The highest BCUT2D eigenvalue weighted by atomic mass is 16.5. The van der Waals surface area contributed by atoms with E-state index in [1.54, 1.807) is 25.3 Å². The number of ether oxygens (including phenoxy) is 2. The van der Waals surface area contributed by atoms with E-state index in [2.05, 4.69) is 9.97 Å². The Hall–Kier alpha value is -2.81. The van der Waals surface area contributed by atoms with Crippen molar-refractivity contribution in [1.82, 2.24) is 9.97 Å². The summed E-state index contributed by atoms with van der Waals surface area (Å²) in [7, 11) is 3.09. The first kappa shape index (κ1) is 12.6. The van der Waals surface area contributed by atoms with Crippen LogP contribution in [0.2, 0.25) is 0 Å². The van der Waals surface area contributed by atoms with Crippen molar-refractivity contribution in [2.75, 3.05) is 20.0 Å². The van der Waals surface area contributed by atoms with Gasteiger partial charge in [0, 0.05) is 0 Å².